The van der Waals surface area contributed by atoms with E-state index in [0.717, 1.165) is 30.4 Å². The molecule has 4 aromatic rings. The summed E-state index contributed by atoms with van der Waals surface area (Å²) in [5, 5.41) is 24.2. The number of methoxy groups -OCH3 is 2. The van der Waals surface area contributed by atoms with Crippen LogP contribution in [0.2, 0.25) is 0 Å². The molecule has 0 fully saturated rings. The molecule has 0 aliphatic heterocycles. The quantitative estimate of drug-likeness (QED) is 0.200. The summed E-state index contributed by atoms with van der Waals surface area (Å²) in [7, 11) is 3.15. The number of anilines is 1. The molecule has 0 saturated heterocycles. The second kappa shape index (κ2) is 13.1. The van der Waals surface area contributed by atoms with Gasteiger partial charge in [-0.1, -0.05) is 49.4 Å². The SMILES string of the molecule is COc1cccc(-c2cc(-c3ccccc3)nc(SCCC(=O)Nc3sc4c(c3C#N)CCC(C)C4)c2C#N)c1OC. The Morgan fingerprint density at radius 2 is 1.86 bits per heavy atom. The molecular formula is C33H30N4O3S2. The topological polar surface area (TPSA) is 108 Å². The van der Waals surface area contributed by atoms with E-state index in [-0.39, 0.29) is 12.3 Å². The van der Waals surface area contributed by atoms with Crippen molar-refractivity contribution in [2.24, 2.45) is 5.92 Å². The zero-order chi connectivity index (χ0) is 29.6. The Morgan fingerprint density at radius 3 is 2.57 bits per heavy atom. The van der Waals surface area contributed by atoms with Crippen LogP contribution in [-0.4, -0.2) is 30.9 Å². The average Bonchev–Trinajstić information content (AvgIpc) is 3.36. The molecule has 1 unspecified atom stereocenters. The number of thiophene rings is 1. The lowest BCUT2D eigenvalue weighted by Crippen LogP contribution is -2.12. The van der Waals surface area contributed by atoms with Gasteiger partial charge in [-0.25, -0.2) is 4.98 Å². The number of para-hydroxylation sites is 1. The first kappa shape index (κ1) is 29.2. The van der Waals surface area contributed by atoms with Gasteiger partial charge in [0.1, 0.15) is 22.2 Å². The van der Waals surface area contributed by atoms with Gasteiger partial charge in [0.15, 0.2) is 11.5 Å². The van der Waals surface area contributed by atoms with Gasteiger partial charge in [-0.3, -0.25) is 4.79 Å². The van der Waals surface area contributed by atoms with E-state index < -0.39 is 0 Å². The van der Waals surface area contributed by atoms with Crippen molar-refractivity contribution < 1.29 is 14.3 Å². The highest BCUT2D eigenvalue weighted by atomic mass is 32.2. The molecule has 9 heteroatoms. The van der Waals surface area contributed by atoms with Gasteiger partial charge in [0.05, 0.1) is 31.0 Å². The van der Waals surface area contributed by atoms with Gasteiger partial charge in [-0.2, -0.15) is 10.5 Å². The van der Waals surface area contributed by atoms with Crippen LogP contribution in [0.15, 0.2) is 59.6 Å². The van der Waals surface area contributed by atoms with Crippen LogP contribution >= 0.6 is 23.1 Å². The number of fused-ring (bicyclic) bond motifs is 1. The maximum atomic E-state index is 13.0. The Hall–Kier alpha value is -4.31. The molecule has 7 nitrogen and oxygen atoms in total. The Kier molecular flexibility index (Phi) is 9.12. The molecule has 42 heavy (non-hydrogen) atoms. The second-order valence-electron chi connectivity index (χ2n) is 10.1. The number of pyridine rings is 1. The zero-order valence-corrected chi connectivity index (χ0v) is 25.3. The number of rotatable bonds is 9. The molecule has 1 aliphatic rings. The van der Waals surface area contributed by atoms with Crippen LogP contribution in [0.25, 0.3) is 22.4 Å². The van der Waals surface area contributed by atoms with Crippen molar-refractivity contribution in [3.8, 4) is 46.0 Å². The summed E-state index contributed by atoms with van der Waals surface area (Å²) >= 11 is 2.88. The molecule has 0 radical (unpaired) electrons. The van der Waals surface area contributed by atoms with Crippen molar-refractivity contribution in [1.29, 1.82) is 10.5 Å². The van der Waals surface area contributed by atoms with Gasteiger partial charge < -0.3 is 14.8 Å². The number of aromatic nitrogens is 1. The molecule has 0 saturated carbocycles. The highest BCUT2D eigenvalue weighted by Gasteiger charge is 2.25. The van der Waals surface area contributed by atoms with E-state index in [1.165, 1.54) is 28.0 Å². The summed E-state index contributed by atoms with van der Waals surface area (Å²) in [6.45, 7) is 2.22. The van der Waals surface area contributed by atoms with E-state index in [1.54, 1.807) is 14.2 Å². The van der Waals surface area contributed by atoms with Gasteiger partial charge in [0.2, 0.25) is 5.91 Å². The molecule has 0 bridgehead atoms. The van der Waals surface area contributed by atoms with Gasteiger partial charge in [-0.15, -0.1) is 23.1 Å². The molecule has 0 spiro atoms. The minimum Gasteiger partial charge on any atom is -0.493 e. The summed E-state index contributed by atoms with van der Waals surface area (Å²) in [5.74, 6) is 1.91. The minimum absolute atomic E-state index is 0.168. The van der Waals surface area contributed by atoms with Crippen LogP contribution in [0.1, 0.15) is 41.3 Å². The number of nitrogens with zero attached hydrogens (tertiary/aromatic N) is 3. The third-order valence-corrected chi connectivity index (χ3v) is 9.45. The van der Waals surface area contributed by atoms with Crippen molar-refractivity contribution in [1.82, 2.24) is 4.98 Å². The molecular weight excluding hydrogens is 565 g/mol. The van der Waals surface area contributed by atoms with Crippen LogP contribution in [-0.2, 0) is 17.6 Å². The van der Waals surface area contributed by atoms with E-state index in [1.807, 2.05) is 54.6 Å². The molecule has 1 N–H and O–H groups in total. The number of thioether (sulfide) groups is 1. The van der Waals surface area contributed by atoms with Crippen molar-refractivity contribution in [2.45, 2.75) is 37.6 Å². The predicted molar refractivity (Wildman–Crippen MR) is 167 cm³/mol. The van der Waals surface area contributed by atoms with E-state index in [0.29, 0.717) is 61.1 Å². The van der Waals surface area contributed by atoms with E-state index in [2.05, 4.69) is 24.4 Å². The highest BCUT2D eigenvalue weighted by Crippen LogP contribution is 2.43. The molecule has 1 amide bonds. The third-order valence-electron chi connectivity index (χ3n) is 7.31. The molecule has 2 heterocycles. The summed E-state index contributed by atoms with van der Waals surface area (Å²) in [6, 6.07) is 21.9. The van der Waals surface area contributed by atoms with E-state index >= 15 is 0 Å². The van der Waals surface area contributed by atoms with E-state index in [4.69, 9.17) is 14.5 Å². The first-order valence-electron chi connectivity index (χ1n) is 13.7. The van der Waals surface area contributed by atoms with Gasteiger partial charge in [-0.05, 0) is 42.9 Å². The number of ether oxygens (including phenoxy) is 2. The number of carbonyl (C=O) groups is 1. The van der Waals surface area contributed by atoms with E-state index in [9.17, 15) is 15.3 Å². The number of carbonyl (C=O) groups excluding carboxylic acids is 1. The number of nitrogens with one attached hydrogen (secondary N) is 1. The standard InChI is InChI=1S/C33H30N4O3S2/c1-20-12-13-22-25(18-34)33(42-29(22)16-20)37-30(38)14-15-41-32-26(19-35)24(17-27(36-32)21-8-5-4-6-9-21)23-10-7-11-28(39-2)31(23)40-3/h4-11,17,20H,12-16H2,1-3H3,(H,37,38). The fourth-order valence-electron chi connectivity index (χ4n) is 5.19. The lowest BCUT2D eigenvalue weighted by atomic mass is 9.89. The third kappa shape index (κ3) is 5.99. The molecule has 1 atom stereocenters. The second-order valence-corrected chi connectivity index (χ2v) is 12.3. The van der Waals surface area contributed by atoms with Gasteiger partial charge in [0, 0.05) is 33.7 Å². The maximum absolute atomic E-state index is 13.0. The van der Waals surface area contributed by atoms with Crippen molar-refractivity contribution in [2.75, 3.05) is 25.3 Å². The number of nitriles is 2. The Bertz CT molecular complexity index is 1700. The normalized spacial score (nSPS) is 13.9. The van der Waals surface area contributed by atoms with Crippen molar-refractivity contribution in [3.05, 3.63) is 76.2 Å². The Labute approximate surface area is 254 Å². The number of hydrogen-bond donors (Lipinski definition) is 1. The summed E-state index contributed by atoms with van der Waals surface area (Å²) in [4.78, 5) is 19.0. The summed E-state index contributed by atoms with van der Waals surface area (Å²) in [5.41, 5.74) is 5.09. The predicted octanol–water partition coefficient (Wildman–Crippen LogP) is 7.48. The lowest BCUT2D eigenvalue weighted by molar-refractivity contribution is -0.115. The molecule has 5 rings (SSSR count). The highest BCUT2D eigenvalue weighted by molar-refractivity contribution is 7.99. The molecule has 2 aromatic carbocycles. The first-order chi connectivity index (χ1) is 20.5. The summed E-state index contributed by atoms with van der Waals surface area (Å²) in [6.07, 6.45) is 3.08. The zero-order valence-electron chi connectivity index (χ0n) is 23.7. The smallest absolute Gasteiger partial charge is 0.225 e. The Morgan fingerprint density at radius 1 is 1.07 bits per heavy atom. The Balaban J connectivity index is 1.42. The first-order valence-corrected chi connectivity index (χ1v) is 15.5. The number of hydrogen-bond acceptors (Lipinski definition) is 8. The van der Waals surface area contributed by atoms with Crippen molar-refractivity contribution >= 4 is 34.0 Å². The monoisotopic (exact) mass is 594 g/mol. The molecule has 2 aromatic heterocycles. The van der Waals surface area contributed by atoms with Crippen LogP contribution in [0.5, 0.6) is 11.5 Å². The largest absolute Gasteiger partial charge is 0.493 e. The minimum atomic E-state index is -0.168. The molecule has 1 aliphatic carbocycles. The van der Waals surface area contributed by atoms with Gasteiger partial charge >= 0.3 is 0 Å². The molecule has 212 valence electrons. The van der Waals surface area contributed by atoms with Crippen LogP contribution in [0.4, 0.5) is 5.00 Å². The summed E-state index contributed by atoms with van der Waals surface area (Å²) < 4.78 is 11.2. The van der Waals surface area contributed by atoms with Crippen LogP contribution in [0.3, 0.4) is 0 Å². The van der Waals surface area contributed by atoms with Crippen molar-refractivity contribution in [3.63, 3.8) is 0 Å². The lowest BCUT2D eigenvalue weighted by Gasteiger charge is -2.17. The fourth-order valence-corrected chi connectivity index (χ4v) is 7.51. The fraction of sp³-hybridized carbons (Fsp3) is 0.273. The maximum Gasteiger partial charge on any atom is 0.225 e. The van der Waals surface area contributed by atoms with Crippen LogP contribution in [0, 0.1) is 28.6 Å². The van der Waals surface area contributed by atoms with Gasteiger partial charge in [0.25, 0.3) is 0 Å². The van der Waals surface area contributed by atoms with Crippen LogP contribution < -0.4 is 14.8 Å². The average molecular weight is 595 g/mol. The number of amides is 1. The number of benzene rings is 2.